The average Bonchev–Trinajstić information content (AvgIpc) is 2.25. The Morgan fingerprint density at radius 2 is 2.12 bits per heavy atom. The summed E-state index contributed by atoms with van der Waals surface area (Å²) in [6.45, 7) is 4.16. The predicted molar refractivity (Wildman–Crippen MR) is 64.4 cm³/mol. The van der Waals surface area contributed by atoms with Gasteiger partial charge in [0.2, 0.25) is 5.91 Å². The summed E-state index contributed by atoms with van der Waals surface area (Å²) in [4.78, 5) is 11.3. The Bertz CT molecular complexity index is 366. The summed E-state index contributed by atoms with van der Waals surface area (Å²) in [5.74, 6) is -0.145. The van der Waals surface area contributed by atoms with Crippen molar-refractivity contribution in [1.82, 2.24) is 5.32 Å². The van der Waals surface area contributed by atoms with Gasteiger partial charge >= 0.3 is 0 Å². The highest BCUT2D eigenvalue weighted by Crippen LogP contribution is 2.15. The minimum Gasteiger partial charge on any atom is -0.491 e. The third-order valence-corrected chi connectivity index (χ3v) is 2.09. The van der Waals surface area contributed by atoms with Crippen molar-refractivity contribution in [3.8, 4) is 5.75 Å². The lowest BCUT2D eigenvalue weighted by Gasteiger charge is -2.09. The van der Waals surface area contributed by atoms with E-state index in [0.29, 0.717) is 19.4 Å². The monoisotopic (exact) mass is 239 g/mol. The summed E-state index contributed by atoms with van der Waals surface area (Å²) >= 11 is 0. The largest absolute Gasteiger partial charge is 0.491 e. The maximum absolute atomic E-state index is 13.1. The van der Waals surface area contributed by atoms with Gasteiger partial charge in [-0.1, -0.05) is 12.1 Å². The topological polar surface area (TPSA) is 38.3 Å². The quantitative estimate of drug-likeness (QED) is 0.775. The minimum atomic E-state index is -0.376. The summed E-state index contributed by atoms with van der Waals surface area (Å²) in [6, 6.07) is 6.39. The molecule has 0 saturated heterocycles. The van der Waals surface area contributed by atoms with Gasteiger partial charge in [0.05, 0.1) is 6.61 Å². The van der Waals surface area contributed by atoms with Crippen molar-refractivity contribution in [1.29, 1.82) is 0 Å². The predicted octanol–water partition coefficient (Wildman–Crippen LogP) is 2.51. The van der Waals surface area contributed by atoms with Crippen LogP contribution in [0.1, 0.15) is 26.7 Å². The zero-order valence-corrected chi connectivity index (χ0v) is 10.2. The molecule has 0 heterocycles. The summed E-state index contributed by atoms with van der Waals surface area (Å²) in [5.41, 5.74) is 0. The van der Waals surface area contributed by atoms with Gasteiger partial charge < -0.3 is 10.1 Å². The van der Waals surface area contributed by atoms with Crippen LogP contribution in [-0.4, -0.2) is 18.6 Å². The van der Waals surface area contributed by atoms with E-state index in [9.17, 15) is 9.18 Å². The number of nitrogens with one attached hydrogen (secondary N) is 1. The van der Waals surface area contributed by atoms with Gasteiger partial charge in [0, 0.05) is 12.5 Å². The lowest BCUT2D eigenvalue weighted by Crippen LogP contribution is -2.30. The first-order valence-corrected chi connectivity index (χ1v) is 5.76. The summed E-state index contributed by atoms with van der Waals surface area (Å²) in [6.07, 6.45) is 0.972. The number of halogens is 1. The van der Waals surface area contributed by atoms with Crippen molar-refractivity contribution < 1.29 is 13.9 Å². The van der Waals surface area contributed by atoms with Gasteiger partial charge in [-0.25, -0.2) is 4.39 Å². The van der Waals surface area contributed by atoms with E-state index in [2.05, 4.69) is 5.32 Å². The molecule has 0 aliphatic carbocycles. The number of carbonyl (C=O) groups is 1. The lowest BCUT2D eigenvalue weighted by molar-refractivity contribution is -0.121. The maximum atomic E-state index is 13.1. The fourth-order valence-corrected chi connectivity index (χ4v) is 1.37. The lowest BCUT2D eigenvalue weighted by atomic mass is 10.3. The molecule has 94 valence electrons. The number of rotatable bonds is 6. The minimum absolute atomic E-state index is 0.00265. The van der Waals surface area contributed by atoms with Gasteiger partial charge in [0.1, 0.15) is 0 Å². The molecular weight excluding hydrogens is 221 g/mol. The molecule has 0 aromatic heterocycles. The van der Waals surface area contributed by atoms with Crippen molar-refractivity contribution in [3.05, 3.63) is 30.1 Å². The van der Waals surface area contributed by atoms with Crippen molar-refractivity contribution in [2.75, 3.05) is 6.61 Å². The Hall–Kier alpha value is -1.58. The number of hydrogen-bond acceptors (Lipinski definition) is 2. The zero-order chi connectivity index (χ0) is 12.7. The third-order valence-electron chi connectivity index (χ3n) is 2.09. The van der Waals surface area contributed by atoms with Crippen LogP contribution in [0.4, 0.5) is 4.39 Å². The van der Waals surface area contributed by atoms with E-state index in [4.69, 9.17) is 4.74 Å². The number of carbonyl (C=O) groups excluding carboxylic acids is 1. The van der Waals surface area contributed by atoms with Crippen LogP contribution in [0.5, 0.6) is 5.75 Å². The van der Waals surface area contributed by atoms with Crippen LogP contribution in [0.15, 0.2) is 24.3 Å². The Kier molecular flexibility index (Phi) is 5.46. The normalized spacial score (nSPS) is 10.4. The molecule has 0 radical (unpaired) electrons. The van der Waals surface area contributed by atoms with E-state index in [1.807, 2.05) is 13.8 Å². The Balaban J connectivity index is 2.21. The van der Waals surface area contributed by atoms with E-state index >= 15 is 0 Å². The standard InChI is InChI=1S/C13H18FNO2/c1-10(2)15-13(16)8-5-9-17-12-7-4-3-6-11(12)14/h3-4,6-7,10H,5,8-9H2,1-2H3,(H,15,16). The molecule has 4 heteroatoms. The molecule has 1 aromatic carbocycles. The molecule has 0 atom stereocenters. The third kappa shape index (κ3) is 5.33. The zero-order valence-electron chi connectivity index (χ0n) is 10.2. The Morgan fingerprint density at radius 1 is 1.41 bits per heavy atom. The van der Waals surface area contributed by atoms with Crippen LogP contribution in [0.3, 0.4) is 0 Å². The molecule has 0 bridgehead atoms. The van der Waals surface area contributed by atoms with E-state index in [1.165, 1.54) is 6.07 Å². The van der Waals surface area contributed by atoms with Gasteiger partial charge in [0.15, 0.2) is 11.6 Å². The Labute approximate surface area is 101 Å². The van der Waals surface area contributed by atoms with Gasteiger partial charge in [-0.15, -0.1) is 0 Å². The van der Waals surface area contributed by atoms with Crippen LogP contribution in [-0.2, 0) is 4.79 Å². The van der Waals surface area contributed by atoms with Crippen LogP contribution >= 0.6 is 0 Å². The second-order valence-electron chi connectivity index (χ2n) is 4.10. The van der Waals surface area contributed by atoms with E-state index in [1.54, 1.807) is 18.2 Å². The molecule has 0 aliphatic rings. The number of hydrogen-bond donors (Lipinski definition) is 1. The highest BCUT2D eigenvalue weighted by atomic mass is 19.1. The molecule has 0 spiro atoms. The van der Waals surface area contributed by atoms with Crippen LogP contribution in [0.25, 0.3) is 0 Å². The molecule has 0 unspecified atom stereocenters. The molecule has 1 amide bonds. The molecule has 0 saturated carbocycles. The SMILES string of the molecule is CC(C)NC(=O)CCCOc1ccccc1F. The van der Waals surface area contributed by atoms with Crippen molar-refractivity contribution in [2.45, 2.75) is 32.7 Å². The molecule has 1 N–H and O–H groups in total. The highest BCUT2D eigenvalue weighted by Gasteiger charge is 2.04. The van der Waals surface area contributed by atoms with Crippen LogP contribution in [0.2, 0.25) is 0 Å². The maximum Gasteiger partial charge on any atom is 0.220 e. The fourth-order valence-electron chi connectivity index (χ4n) is 1.37. The van der Waals surface area contributed by atoms with Crippen LogP contribution in [0, 0.1) is 5.82 Å². The fraction of sp³-hybridized carbons (Fsp3) is 0.462. The Morgan fingerprint density at radius 3 is 2.76 bits per heavy atom. The summed E-state index contributed by atoms with van der Waals surface area (Å²) in [7, 11) is 0. The first-order valence-electron chi connectivity index (χ1n) is 5.76. The van der Waals surface area contributed by atoms with Gasteiger partial charge in [-0.3, -0.25) is 4.79 Å². The summed E-state index contributed by atoms with van der Waals surface area (Å²) in [5, 5.41) is 2.78. The first-order chi connectivity index (χ1) is 8.09. The van der Waals surface area contributed by atoms with E-state index in [-0.39, 0.29) is 23.5 Å². The van der Waals surface area contributed by atoms with Gasteiger partial charge in [-0.05, 0) is 32.4 Å². The molecule has 0 aliphatic heterocycles. The summed E-state index contributed by atoms with van der Waals surface area (Å²) < 4.78 is 18.4. The van der Waals surface area contributed by atoms with Crippen molar-refractivity contribution in [2.24, 2.45) is 0 Å². The molecule has 0 fully saturated rings. The number of amides is 1. The smallest absolute Gasteiger partial charge is 0.220 e. The molecule has 1 rings (SSSR count). The van der Waals surface area contributed by atoms with E-state index < -0.39 is 0 Å². The second kappa shape index (κ2) is 6.89. The molecule has 17 heavy (non-hydrogen) atoms. The van der Waals surface area contributed by atoms with Crippen molar-refractivity contribution >= 4 is 5.91 Å². The average molecular weight is 239 g/mol. The van der Waals surface area contributed by atoms with Crippen molar-refractivity contribution in [3.63, 3.8) is 0 Å². The van der Waals surface area contributed by atoms with Crippen LogP contribution < -0.4 is 10.1 Å². The number of para-hydroxylation sites is 1. The molecular formula is C13H18FNO2. The molecule has 1 aromatic rings. The van der Waals surface area contributed by atoms with Gasteiger partial charge in [-0.2, -0.15) is 0 Å². The highest BCUT2D eigenvalue weighted by molar-refractivity contribution is 5.76. The number of ether oxygens (including phenoxy) is 1. The van der Waals surface area contributed by atoms with Gasteiger partial charge in [0.25, 0.3) is 0 Å². The molecule has 3 nitrogen and oxygen atoms in total. The first kappa shape index (κ1) is 13.5. The van der Waals surface area contributed by atoms with E-state index in [0.717, 1.165) is 0 Å². The number of benzene rings is 1. The second-order valence-corrected chi connectivity index (χ2v) is 4.10.